The maximum absolute atomic E-state index is 12.6. The van der Waals surface area contributed by atoms with E-state index in [0.717, 1.165) is 38.8 Å². The number of hydrogen-bond acceptors (Lipinski definition) is 3. The Morgan fingerprint density at radius 2 is 1.71 bits per heavy atom. The van der Waals surface area contributed by atoms with Gasteiger partial charge in [0.05, 0.1) is 0 Å². The van der Waals surface area contributed by atoms with Gasteiger partial charge in [-0.2, -0.15) is 0 Å². The molecule has 0 radical (unpaired) electrons. The van der Waals surface area contributed by atoms with E-state index in [0.29, 0.717) is 5.92 Å². The first-order valence-corrected chi connectivity index (χ1v) is 12.3. The topological polar surface area (TPSA) is 38.8 Å². The number of piperidine rings is 1. The van der Waals surface area contributed by atoms with Gasteiger partial charge in [0.25, 0.3) is 0 Å². The summed E-state index contributed by atoms with van der Waals surface area (Å²) < 4.78 is 12.1. The van der Waals surface area contributed by atoms with E-state index in [4.69, 9.17) is 9.16 Å². The molecule has 1 atom stereocenters. The molecule has 1 unspecified atom stereocenters. The smallest absolute Gasteiger partial charge is 0.410 e. The van der Waals surface area contributed by atoms with E-state index in [1.54, 1.807) is 0 Å². The highest BCUT2D eigenvalue weighted by atomic mass is 28.4. The molecule has 0 aromatic carbocycles. The molecule has 1 saturated heterocycles. The molecule has 1 aliphatic heterocycles. The summed E-state index contributed by atoms with van der Waals surface area (Å²) in [7, 11) is -1.73. The summed E-state index contributed by atoms with van der Waals surface area (Å²) >= 11 is 0. The first kappa shape index (κ1) is 19.8. The standard InChI is InChI=1S/C19H37NO3Si/c1-17(2,3)23-16(21)20-13-15(9-10-19(20)11-12-19)14-22-24(7,8)18(4,5)6/h15H,9-14H2,1-8H3. The van der Waals surface area contributed by atoms with Gasteiger partial charge >= 0.3 is 6.09 Å². The molecule has 5 heteroatoms. The number of carbonyl (C=O) groups excluding carboxylic acids is 1. The van der Waals surface area contributed by atoms with Crippen LogP contribution in [0.15, 0.2) is 0 Å². The quantitative estimate of drug-likeness (QED) is 0.654. The van der Waals surface area contributed by atoms with Gasteiger partial charge < -0.3 is 14.1 Å². The molecular weight excluding hydrogens is 318 g/mol. The molecule has 0 aromatic rings. The Balaban J connectivity index is 1.97. The van der Waals surface area contributed by atoms with Crippen molar-refractivity contribution in [2.24, 2.45) is 5.92 Å². The third-order valence-corrected chi connectivity index (χ3v) is 10.5. The van der Waals surface area contributed by atoms with Crippen LogP contribution in [0.1, 0.15) is 67.2 Å². The minimum atomic E-state index is -1.73. The van der Waals surface area contributed by atoms with Crippen molar-refractivity contribution in [2.75, 3.05) is 13.2 Å². The summed E-state index contributed by atoms with van der Waals surface area (Å²) in [6, 6.07) is 0. The zero-order chi connectivity index (χ0) is 18.4. The van der Waals surface area contributed by atoms with Gasteiger partial charge in [-0.25, -0.2) is 4.79 Å². The van der Waals surface area contributed by atoms with Gasteiger partial charge in [0.1, 0.15) is 5.60 Å². The lowest BCUT2D eigenvalue weighted by atomic mass is 9.92. The molecule has 1 spiro atoms. The molecule has 140 valence electrons. The van der Waals surface area contributed by atoms with E-state index >= 15 is 0 Å². The van der Waals surface area contributed by atoms with E-state index < -0.39 is 13.9 Å². The Labute approximate surface area is 149 Å². The van der Waals surface area contributed by atoms with Crippen molar-refractivity contribution >= 4 is 14.4 Å². The second kappa shape index (κ2) is 6.31. The molecule has 1 aliphatic carbocycles. The Kier molecular flexibility index (Phi) is 5.20. The van der Waals surface area contributed by atoms with Crippen molar-refractivity contribution < 1.29 is 14.0 Å². The fourth-order valence-electron chi connectivity index (χ4n) is 3.08. The fourth-order valence-corrected chi connectivity index (χ4v) is 4.16. The van der Waals surface area contributed by atoms with Crippen molar-refractivity contribution in [1.82, 2.24) is 4.90 Å². The molecule has 1 saturated carbocycles. The number of rotatable bonds is 3. The molecule has 24 heavy (non-hydrogen) atoms. The van der Waals surface area contributed by atoms with Gasteiger partial charge in [0.2, 0.25) is 0 Å². The van der Waals surface area contributed by atoms with Crippen molar-refractivity contribution in [3.8, 4) is 0 Å². The maximum Gasteiger partial charge on any atom is 0.410 e. The highest BCUT2D eigenvalue weighted by Crippen LogP contribution is 2.50. The van der Waals surface area contributed by atoms with Crippen LogP contribution in [0.5, 0.6) is 0 Å². The largest absolute Gasteiger partial charge is 0.444 e. The van der Waals surface area contributed by atoms with Crippen molar-refractivity contribution in [3.05, 3.63) is 0 Å². The lowest BCUT2D eigenvalue weighted by molar-refractivity contribution is -0.00604. The van der Waals surface area contributed by atoms with Crippen LogP contribution in [0.3, 0.4) is 0 Å². The molecule has 2 aliphatic rings. The molecule has 2 fully saturated rings. The summed E-state index contributed by atoms with van der Waals surface area (Å²) in [5.74, 6) is 0.429. The van der Waals surface area contributed by atoms with Crippen LogP contribution in [0.2, 0.25) is 18.1 Å². The predicted molar refractivity (Wildman–Crippen MR) is 101 cm³/mol. The lowest BCUT2D eigenvalue weighted by Gasteiger charge is -2.42. The number of ether oxygens (including phenoxy) is 1. The van der Waals surface area contributed by atoms with Gasteiger partial charge in [0.15, 0.2) is 8.32 Å². The van der Waals surface area contributed by atoms with Gasteiger partial charge in [0, 0.05) is 18.7 Å². The third-order valence-electron chi connectivity index (χ3n) is 5.96. The number of nitrogens with zero attached hydrogens (tertiary/aromatic N) is 1. The van der Waals surface area contributed by atoms with Gasteiger partial charge in [-0.15, -0.1) is 0 Å². The Hall–Kier alpha value is -0.553. The zero-order valence-corrected chi connectivity index (χ0v) is 18.0. The first-order chi connectivity index (χ1) is 10.8. The predicted octanol–water partition coefficient (Wildman–Crippen LogP) is 5.19. The van der Waals surface area contributed by atoms with Crippen molar-refractivity contribution in [2.45, 2.75) is 96.5 Å². The highest BCUT2D eigenvalue weighted by molar-refractivity contribution is 6.74. The summed E-state index contributed by atoms with van der Waals surface area (Å²) in [5, 5.41) is 0.226. The van der Waals surface area contributed by atoms with Crippen LogP contribution in [-0.4, -0.2) is 43.6 Å². The zero-order valence-electron chi connectivity index (χ0n) is 17.0. The van der Waals surface area contributed by atoms with E-state index in [2.05, 4.69) is 33.9 Å². The Morgan fingerprint density at radius 3 is 2.17 bits per heavy atom. The molecule has 0 bridgehead atoms. The van der Waals surface area contributed by atoms with E-state index in [1.165, 1.54) is 0 Å². The average molecular weight is 356 g/mol. The first-order valence-electron chi connectivity index (χ1n) is 9.40. The molecule has 0 N–H and O–H groups in total. The van der Waals surface area contributed by atoms with Crippen molar-refractivity contribution in [1.29, 1.82) is 0 Å². The van der Waals surface area contributed by atoms with Crippen LogP contribution in [0.25, 0.3) is 0 Å². The van der Waals surface area contributed by atoms with Crippen molar-refractivity contribution in [3.63, 3.8) is 0 Å². The number of hydrogen-bond donors (Lipinski definition) is 0. The lowest BCUT2D eigenvalue weighted by Crippen LogP contribution is -2.52. The normalized spacial score (nSPS) is 24.2. The summed E-state index contributed by atoms with van der Waals surface area (Å²) in [4.78, 5) is 14.7. The second-order valence-electron chi connectivity index (χ2n) is 10.3. The molecule has 1 heterocycles. The van der Waals surface area contributed by atoms with E-state index in [9.17, 15) is 4.79 Å². The van der Waals surface area contributed by atoms with Crippen LogP contribution >= 0.6 is 0 Å². The number of amides is 1. The van der Waals surface area contributed by atoms with E-state index in [1.807, 2.05) is 25.7 Å². The Morgan fingerprint density at radius 1 is 1.12 bits per heavy atom. The second-order valence-corrected chi connectivity index (χ2v) is 15.1. The maximum atomic E-state index is 12.6. The fraction of sp³-hybridized carbons (Fsp3) is 0.947. The summed E-state index contributed by atoms with van der Waals surface area (Å²) in [6.45, 7) is 18.8. The summed E-state index contributed by atoms with van der Waals surface area (Å²) in [5.41, 5.74) is -0.340. The molecular formula is C19H37NO3Si. The Bertz CT molecular complexity index is 472. The summed E-state index contributed by atoms with van der Waals surface area (Å²) in [6.07, 6.45) is 4.37. The molecule has 0 aromatic heterocycles. The minimum absolute atomic E-state index is 0.0931. The van der Waals surface area contributed by atoms with Gasteiger partial charge in [-0.1, -0.05) is 20.8 Å². The van der Waals surface area contributed by atoms with Crippen LogP contribution in [0.4, 0.5) is 4.79 Å². The molecule has 1 amide bonds. The third kappa shape index (κ3) is 4.54. The van der Waals surface area contributed by atoms with Gasteiger partial charge in [-0.05, 0) is 70.5 Å². The number of likely N-dealkylation sites (tertiary alicyclic amines) is 1. The van der Waals surface area contributed by atoms with Crippen LogP contribution in [0, 0.1) is 5.92 Å². The monoisotopic (exact) mass is 355 g/mol. The van der Waals surface area contributed by atoms with Gasteiger partial charge in [-0.3, -0.25) is 0 Å². The SMILES string of the molecule is CC(C)(C)OC(=O)N1CC(CO[Si](C)(C)C(C)(C)C)CCC12CC2. The highest BCUT2D eigenvalue weighted by Gasteiger charge is 2.54. The minimum Gasteiger partial charge on any atom is -0.444 e. The molecule has 4 nitrogen and oxygen atoms in total. The number of carbonyl (C=O) groups is 1. The van der Waals surface area contributed by atoms with Crippen LogP contribution in [-0.2, 0) is 9.16 Å². The van der Waals surface area contributed by atoms with E-state index in [-0.39, 0.29) is 16.7 Å². The van der Waals surface area contributed by atoms with Crippen LogP contribution < -0.4 is 0 Å². The average Bonchev–Trinajstić information content (AvgIpc) is 3.15. The molecule has 2 rings (SSSR count).